The van der Waals surface area contributed by atoms with Crippen LogP contribution in [0.5, 0.6) is 5.75 Å². The van der Waals surface area contributed by atoms with Crippen molar-refractivity contribution in [3.63, 3.8) is 0 Å². The zero-order valence-corrected chi connectivity index (χ0v) is 16.0. The molecule has 4 rings (SSSR count). The molecule has 0 spiro atoms. The van der Waals surface area contributed by atoms with Crippen LogP contribution in [-0.2, 0) is 5.41 Å². The van der Waals surface area contributed by atoms with E-state index >= 15 is 0 Å². The van der Waals surface area contributed by atoms with Gasteiger partial charge in [0.05, 0.1) is 15.8 Å². The van der Waals surface area contributed by atoms with Crippen LogP contribution in [0.2, 0.25) is 0 Å². The molecule has 0 aliphatic rings. The van der Waals surface area contributed by atoms with E-state index in [-0.39, 0.29) is 11.2 Å². The van der Waals surface area contributed by atoms with Gasteiger partial charge in [0.15, 0.2) is 0 Å². The van der Waals surface area contributed by atoms with E-state index in [9.17, 15) is 5.11 Å². The first-order chi connectivity index (χ1) is 12.4. The standard InChI is InChI=1S/C23H21NOS/c1-23(2,3)17-11-8-15(9-12-17)16-10-13-20(25)18(14-16)22-24-19-6-4-5-7-21(19)26-22/h4-14,25H,1-3H3. The normalized spacial score (nSPS) is 11.8. The van der Waals surface area contributed by atoms with Gasteiger partial charge in [0, 0.05) is 0 Å². The van der Waals surface area contributed by atoms with Gasteiger partial charge in [0.1, 0.15) is 10.8 Å². The third-order valence-electron chi connectivity index (χ3n) is 4.61. The number of aromatic nitrogens is 1. The molecule has 130 valence electrons. The van der Waals surface area contributed by atoms with Gasteiger partial charge in [-0.05, 0) is 46.4 Å². The lowest BCUT2D eigenvalue weighted by Crippen LogP contribution is -2.10. The number of hydrogen-bond donors (Lipinski definition) is 1. The van der Waals surface area contributed by atoms with Crippen LogP contribution < -0.4 is 0 Å². The SMILES string of the molecule is CC(C)(C)c1ccc(-c2ccc(O)c(-c3nc4ccccc4s3)c2)cc1. The lowest BCUT2D eigenvalue weighted by molar-refractivity contribution is 0.477. The quantitative estimate of drug-likeness (QED) is 0.435. The summed E-state index contributed by atoms with van der Waals surface area (Å²) in [7, 11) is 0. The summed E-state index contributed by atoms with van der Waals surface area (Å²) in [6.45, 7) is 6.65. The summed E-state index contributed by atoms with van der Waals surface area (Å²) < 4.78 is 1.13. The van der Waals surface area contributed by atoms with Crippen molar-refractivity contribution in [2.24, 2.45) is 0 Å². The highest BCUT2D eigenvalue weighted by Gasteiger charge is 2.14. The highest BCUT2D eigenvalue weighted by Crippen LogP contribution is 2.38. The number of nitrogens with zero attached hydrogens (tertiary/aromatic N) is 1. The van der Waals surface area contributed by atoms with Crippen molar-refractivity contribution in [2.75, 3.05) is 0 Å². The van der Waals surface area contributed by atoms with Gasteiger partial charge >= 0.3 is 0 Å². The van der Waals surface area contributed by atoms with Crippen LogP contribution in [0.15, 0.2) is 66.7 Å². The van der Waals surface area contributed by atoms with Crippen molar-refractivity contribution < 1.29 is 5.11 Å². The Hall–Kier alpha value is -2.65. The summed E-state index contributed by atoms with van der Waals surface area (Å²) >= 11 is 1.60. The second kappa shape index (κ2) is 6.26. The van der Waals surface area contributed by atoms with E-state index in [0.29, 0.717) is 0 Å². The molecule has 3 aromatic carbocycles. The molecule has 0 atom stereocenters. The molecule has 1 N–H and O–H groups in total. The van der Waals surface area contributed by atoms with Crippen LogP contribution in [-0.4, -0.2) is 10.1 Å². The fourth-order valence-electron chi connectivity index (χ4n) is 3.04. The van der Waals surface area contributed by atoms with Crippen LogP contribution in [0.25, 0.3) is 31.9 Å². The number of phenolic OH excluding ortho intramolecular Hbond substituents is 1. The zero-order valence-electron chi connectivity index (χ0n) is 15.2. The Kier molecular flexibility index (Phi) is 4.04. The van der Waals surface area contributed by atoms with E-state index in [1.54, 1.807) is 17.4 Å². The second-order valence-corrected chi connectivity index (χ2v) is 8.58. The fraction of sp³-hybridized carbons (Fsp3) is 0.174. The van der Waals surface area contributed by atoms with Gasteiger partial charge in [-0.2, -0.15) is 0 Å². The first-order valence-electron chi connectivity index (χ1n) is 8.72. The molecule has 0 amide bonds. The molecule has 0 saturated carbocycles. The summed E-state index contributed by atoms with van der Waals surface area (Å²) in [5.74, 6) is 0.263. The van der Waals surface area contributed by atoms with Gasteiger partial charge in [-0.3, -0.25) is 0 Å². The summed E-state index contributed by atoms with van der Waals surface area (Å²) in [6.07, 6.45) is 0. The molecule has 0 aliphatic heterocycles. The largest absolute Gasteiger partial charge is 0.507 e. The maximum absolute atomic E-state index is 10.4. The van der Waals surface area contributed by atoms with E-state index in [2.05, 4.69) is 56.1 Å². The molecule has 0 radical (unpaired) electrons. The minimum atomic E-state index is 0.139. The van der Waals surface area contributed by atoms with E-state index in [4.69, 9.17) is 0 Å². The van der Waals surface area contributed by atoms with E-state index < -0.39 is 0 Å². The zero-order chi connectivity index (χ0) is 18.3. The fourth-order valence-corrected chi connectivity index (χ4v) is 4.03. The lowest BCUT2D eigenvalue weighted by atomic mass is 9.86. The summed E-state index contributed by atoms with van der Waals surface area (Å²) in [5, 5.41) is 11.2. The van der Waals surface area contributed by atoms with E-state index in [0.717, 1.165) is 31.9 Å². The summed E-state index contributed by atoms with van der Waals surface area (Å²) in [4.78, 5) is 4.68. The summed E-state index contributed by atoms with van der Waals surface area (Å²) in [5.41, 5.74) is 5.42. The topological polar surface area (TPSA) is 33.1 Å². The highest BCUT2D eigenvalue weighted by molar-refractivity contribution is 7.21. The third kappa shape index (κ3) is 3.11. The van der Waals surface area contributed by atoms with Crippen molar-refractivity contribution in [1.82, 2.24) is 4.98 Å². The Labute approximate surface area is 157 Å². The average molecular weight is 359 g/mol. The molecule has 1 heterocycles. The Bertz CT molecular complexity index is 1040. The number of para-hydroxylation sites is 1. The van der Waals surface area contributed by atoms with Gasteiger partial charge in [-0.25, -0.2) is 4.98 Å². The average Bonchev–Trinajstić information content (AvgIpc) is 3.05. The minimum absolute atomic E-state index is 0.139. The van der Waals surface area contributed by atoms with Crippen LogP contribution in [0.3, 0.4) is 0 Å². The van der Waals surface area contributed by atoms with Crippen molar-refractivity contribution >= 4 is 21.6 Å². The predicted octanol–water partition coefficient (Wildman–Crippen LogP) is 6.63. The molecule has 2 nitrogen and oxygen atoms in total. The smallest absolute Gasteiger partial charge is 0.128 e. The predicted molar refractivity (Wildman–Crippen MR) is 111 cm³/mol. The number of phenols is 1. The number of rotatable bonds is 2. The van der Waals surface area contributed by atoms with Gasteiger partial charge in [0.25, 0.3) is 0 Å². The highest BCUT2D eigenvalue weighted by atomic mass is 32.1. The van der Waals surface area contributed by atoms with Crippen LogP contribution >= 0.6 is 11.3 Å². The molecular formula is C23H21NOS. The molecule has 4 aromatic rings. The van der Waals surface area contributed by atoms with Crippen molar-refractivity contribution in [3.05, 3.63) is 72.3 Å². The van der Waals surface area contributed by atoms with E-state index in [1.165, 1.54) is 5.56 Å². The van der Waals surface area contributed by atoms with Crippen molar-refractivity contribution in [1.29, 1.82) is 0 Å². The molecule has 0 unspecified atom stereocenters. The molecule has 3 heteroatoms. The van der Waals surface area contributed by atoms with Gasteiger partial charge in [-0.1, -0.05) is 63.2 Å². The molecule has 0 saturated heterocycles. The first kappa shape index (κ1) is 16.8. The first-order valence-corrected chi connectivity index (χ1v) is 9.53. The Morgan fingerprint density at radius 1 is 0.846 bits per heavy atom. The van der Waals surface area contributed by atoms with Crippen molar-refractivity contribution in [2.45, 2.75) is 26.2 Å². The molecule has 1 aromatic heterocycles. The molecular weight excluding hydrogens is 338 g/mol. The Morgan fingerprint density at radius 3 is 2.23 bits per heavy atom. The lowest BCUT2D eigenvalue weighted by Gasteiger charge is -2.19. The van der Waals surface area contributed by atoms with Crippen LogP contribution in [0.1, 0.15) is 26.3 Å². The van der Waals surface area contributed by atoms with Gasteiger partial charge in [0.2, 0.25) is 0 Å². The molecule has 26 heavy (non-hydrogen) atoms. The molecule has 0 aliphatic carbocycles. The van der Waals surface area contributed by atoms with Crippen molar-refractivity contribution in [3.8, 4) is 27.4 Å². The Balaban J connectivity index is 1.76. The van der Waals surface area contributed by atoms with Gasteiger partial charge < -0.3 is 5.11 Å². The van der Waals surface area contributed by atoms with E-state index in [1.807, 2.05) is 30.3 Å². The minimum Gasteiger partial charge on any atom is -0.507 e. The molecule has 0 fully saturated rings. The number of hydrogen-bond acceptors (Lipinski definition) is 3. The number of fused-ring (bicyclic) bond motifs is 1. The third-order valence-corrected chi connectivity index (χ3v) is 5.67. The van der Waals surface area contributed by atoms with Crippen LogP contribution in [0.4, 0.5) is 0 Å². The maximum atomic E-state index is 10.4. The number of benzene rings is 3. The summed E-state index contributed by atoms with van der Waals surface area (Å²) in [6, 6.07) is 22.5. The second-order valence-electron chi connectivity index (χ2n) is 7.55. The molecule has 0 bridgehead atoms. The monoisotopic (exact) mass is 359 g/mol. The Morgan fingerprint density at radius 2 is 1.54 bits per heavy atom. The number of thiazole rings is 1. The maximum Gasteiger partial charge on any atom is 0.128 e. The number of aromatic hydroxyl groups is 1. The van der Waals surface area contributed by atoms with Crippen LogP contribution in [0, 0.1) is 0 Å². The van der Waals surface area contributed by atoms with Gasteiger partial charge in [-0.15, -0.1) is 11.3 Å².